The standard InChI is InChI=1S/C21H16ClF3N2O3S/c1-13-16(20(28)26-19-12-14(21(23,24)25)10-11-17(19)22)8-5-9-18(13)27-31(29,30)15-6-3-2-4-7-15/h2-12,27H,1H3,(H,26,28). The molecule has 0 unspecified atom stereocenters. The lowest BCUT2D eigenvalue weighted by Crippen LogP contribution is -2.17. The van der Waals surface area contributed by atoms with Gasteiger partial charge in [0.15, 0.2) is 0 Å². The molecular weight excluding hydrogens is 453 g/mol. The van der Waals surface area contributed by atoms with Gasteiger partial charge in [-0.3, -0.25) is 9.52 Å². The van der Waals surface area contributed by atoms with Crippen LogP contribution >= 0.6 is 11.6 Å². The van der Waals surface area contributed by atoms with Crippen LogP contribution in [0.3, 0.4) is 0 Å². The van der Waals surface area contributed by atoms with Gasteiger partial charge in [-0.2, -0.15) is 13.2 Å². The number of benzene rings is 3. The minimum absolute atomic E-state index is 0.0417. The fourth-order valence-corrected chi connectivity index (χ4v) is 4.09. The van der Waals surface area contributed by atoms with Crippen molar-refractivity contribution in [3.05, 3.63) is 88.4 Å². The molecule has 0 saturated heterocycles. The van der Waals surface area contributed by atoms with Gasteiger partial charge in [-0.15, -0.1) is 0 Å². The fraction of sp³-hybridized carbons (Fsp3) is 0.0952. The van der Waals surface area contributed by atoms with Crippen LogP contribution in [0.15, 0.2) is 71.6 Å². The molecule has 3 rings (SSSR count). The average molecular weight is 469 g/mol. The zero-order chi connectivity index (χ0) is 22.8. The summed E-state index contributed by atoms with van der Waals surface area (Å²) in [6.07, 6.45) is -4.60. The van der Waals surface area contributed by atoms with Crippen LogP contribution in [0.4, 0.5) is 24.5 Å². The fourth-order valence-electron chi connectivity index (χ4n) is 2.78. The highest BCUT2D eigenvalue weighted by atomic mass is 35.5. The monoisotopic (exact) mass is 468 g/mol. The van der Waals surface area contributed by atoms with Gasteiger partial charge in [0, 0.05) is 5.56 Å². The second-order valence-corrected chi connectivity index (χ2v) is 8.63. The number of nitrogens with one attached hydrogen (secondary N) is 2. The van der Waals surface area contributed by atoms with E-state index in [1.54, 1.807) is 18.2 Å². The molecule has 0 aliphatic rings. The number of sulfonamides is 1. The van der Waals surface area contributed by atoms with Crippen LogP contribution in [0.1, 0.15) is 21.5 Å². The third-order valence-electron chi connectivity index (χ3n) is 4.42. The maximum atomic E-state index is 13.0. The minimum atomic E-state index is -4.60. The van der Waals surface area contributed by atoms with E-state index in [2.05, 4.69) is 10.0 Å². The normalized spacial score (nSPS) is 11.8. The Morgan fingerprint density at radius 2 is 1.61 bits per heavy atom. The average Bonchev–Trinajstić information content (AvgIpc) is 2.71. The highest BCUT2D eigenvalue weighted by Crippen LogP contribution is 2.34. The second kappa shape index (κ2) is 8.60. The van der Waals surface area contributed by atoms with Gasteiger partial charge in [-0.25, -0.2) is 8.42 Å². The first-order valence-corrected chi connectivity index (χ1v) is 10.7. The summed E-state index contributed by atoms with van der Waals surface area (Å²) < 4.78 is 66.4. The first-order valence-electron chi connectivity index (χ1n) is 8.84. The first kappa shape index (κ1) is 22.6. The molecular formula is C21H16ClF3N2O3S. The van der Waals surface area contributed by atoms with Crippen molar-refractivity contribution in [2.24, 2.45) is 0 Å². The molecule has 10 heteroatoms. The van der Waals surface area contributed by atoms with Crippen molar-refractivity contribution in [3.63, 3.8) is 0 Å². The summed E-state index contributed by atoms with van der Waals surface area (Å²) in [5, 5.41) is 2.28. The minimum Gasteiger partial charge on any atom is -0.321 e. The molecule has 31 heavy (non-hydrogen) atoms. The lowest BCUT2D eigenvalue weighted by molar-refractivity contribution is -0.137. The zero-order valence-electron chi connectivity index (χ0n) is 16.0. The van der Waals surface area contributed by atoms with Crippen molar-refractivity contribution < 1.29 is 26.4 Å². The predicted molar refractivity (Wildman–Crippen MR) is 113 cm³/mol. The maximum absolute atomic E-state index is 13.0. The van der Waals surface area contributed by atoms with E-state index < -0.39 is 27.7 Å². The molecule has 2 N–H and O–H groups in total. The number of amides is 1. The summed E-state index contributed by atoms with van der Waals surface area (Å²) in [5.41, 5.74) is -0.652. The van der Waals surface area contributed by atoms with E-state index in [9.17, 15) is 26.4 Å². The van der Waals surface area contributed by atoms with Crippen molar-refractivity contribution in [2.45, 2.75) is 18.0 Å². The van der Waals surface area contributed by atoms with Crippen LogP contribution in [0.25, 0.3) is 0 Å². The van der Waals surface area contributed by atoms with Gasteiger partial charge < -0.3 is 5.32 Å². The molecule has 0 radical (unpaired) electrons. The maximum Gasteiger partial charge on any atom is 0.416 e. The summed E-state index contributed by atoms with van der Waals surface area (Å²) in [7, 11) is -3.89. The molecule has 0 spiro atoms. The van der Waals surface area contributed by atoms with Crippen molar-refractivity contribution in [3.8, 4) is 0 Å². The second-order valence-electron chi connectivity index (χ2n) is 6.54. The molecule has 0 aliphatic heterocycles. The Morgan fingerprint density at radius 3 is 2.26 bits per heavy atom. The van der Waals surface area contributed by atoms with E-state index in [4.69, 9.17) is 11.6 Å². The summed E-state index contributed by atoms with van der Waals surface area (Å²) >= 11 is 5.93. The van der Waals surface area contributed by atoms with Gasteiger partial charge in [0.2, 0.25) is 0 Å². The van der Waals surface area contributed by atoms with Gasteiger partial charge >= 0.3 is 6.18 Å². The molecule has 0 fully saturated rings. The Morgan fingerprint density at radius 1 is 0.935 bits per heavy atom. The van der Waals surface area contributed by atoms with Gasteiger partial charge in [0.1, 0.15) is 0 Å². The quantitative estimate of drug-likeness (QED) is 0.503. The van der Waals surface area contributed by atoms with Crippen molar-refractivity contribution in [1.29, 1.82) is 0 Å². The number of hydrogen-bond donors (Lipinski definition) is 2. The summed E-state index contributed by atoms with van der Waals surface area (Å²) in [4.78, 5) is 12.7. The topological polar surface area (TPSA) is 75.3 Å². The molecule has 0 bridgehead atoms. The third-order valence-corrected chi connectivity index (χ3v) is 6.13. The van der Waals surface area contributed by atoms with Gasteiger partial charge in [0.25, 0.3) is 15.9 Å². The number of alkyl halides is 3. The van der Waals surface area contributed by atoms with Crippen LogP contribution in [-0.4, -0.2) is 14.3 Å². The van der Waals surface area contributed by atoms with Gasteiger partial charge in [-0.05, 0) is 55.0 Å². The number of rotatable bonds is 5. The molecule has 5 nitrogen and oxygen atoms in total. The number of carbonyl (C=O) groups is 1. The lowest BCUT2D eigenvalue weighted by Gasteiger charge is -2.15. The summed E-state index contributed by atoms with van der Waals surface area (Å²) in [6.45, 7) is 1.52. The van der Waals surface area contributed by atoms with E-state index in [-0.39, 0.29) is 26.9 Å². The highest BCUT2D eigenvalue weighted by Gasteiger charge is 2.31. The molecule has 3 aromatic rings. The molecule has 0 heterocycles. The molecule has 0 aliphatic carbocycles. The largest absolute Gasteiger partial charge is 0.416 e. The first-order chi connectivity index (χ1) is 14.5. The van der Waals surface area contributed by atoms with Crippen molar-refractivity contribution in [2.75, 3.05) is 10.0 Å². The van der Waals surface area contributed by atoms with Crippen LogP contribution < -0.4 is 10.0 Å². The molecule has 162 valence electrons. The van der Waals surface area contributed by atoms with E-state index in [1.807, 2.05) is 0 Å². The number of hydrogen-bond acceptors (Lipinski definition) is 3. The van der Waals surface area contributed by atoms with Gasteiger partial charge in [-0.1, -0.05) is 35.9 Å². The van der Waals surface area contributed by atoms with E-state index in [0.717, 1.165) is 18.2 Å². The Balaban J connectivity index is 1.89. The SMILES string of the molecule is Cc1c(NS(=O)(=O)c2ccccc2)cccc1C(=O)Nc1cc(C(F)(F)F)ccc1Cl. The van der Waals surface area contributed by atoms with Crippen LogP contribution in [-0.2, 0) is 16.2 Å². The van der Waals surface area contributed by atoms with Crippen LogP contribution in [0.2, 0.25) is 5.02 Å². The number of anilines is 2. The summed E-state index contributed by atoms with van der Waals surface area (Å²) in [5.74, 6) is -0.737. The predicted octanol–water partition coefficient (Wildman–Crippen LogP) is 5.72. The van der Waals surface area contributed by atoms with Gasteiger partial charge in [0.05, 0.1) is 26.9 Å². The number of halogens is 4. The molecule has 0 atom stereocenters. The third kappa shape index (κ3) is 5.18. The highest BCUT2D eigenvalue weighted by molar-refractivity contribution is 7.92. The smallest absolute Gasteiger partial charge is 0.321 e. The van der Waals surface area contributed by atoms with E-state index >= 15 is 0 Å². The Kier molecular flexibility index (Phi) is 6.28. The Hall–Kier alpha value is -3.04. The Labute approximate surface area is 181 Å². The summed E-state index contributed by atoms with van der Waals surface area (Å²) in [6, 6.07) is 14.6. The molecule has 3 aromatic carbocycles. The van der Waals surface area contributed by atoms with Crippen molar-refractivity contribution in [1.82, 2.24) is 0 Å². The Bertz CT molecular complexity index is 1230. The van der Waals surface area contributed by atoms with Crippen LogP contribution in [0, 0.1) is 6.92 Å². The van der Waals surface area contributed by atoms with E-state index in [1.165, 1.54) is 37.3 Å². The number of carbonyl (C=O) groups excluding carboxylic acids is 1. The lowest BCUT2D eigenvalue weighted by atomic mass is 10.1. The van der Waals surface area contributed by atoms with E-state index in [0.29, 0.717) is 5.56 Å². The van der Waals surface area contributed by atoms with Crippen LogP contribution in [0.5, 0.6) is 0 Å². The van der Waals surface area contributed by atoms with Crippen molar-refractivity contribution >= 4 is 38.9 Å². The molecule has 0 saturated carbocycles. The molecule has 1 amide bonds. The zero-order valence-corrected chi connectivity index (χ0v) is 17.6. The molecule has 0 aromatic heterocycles.